The van der Waals surface area contributed by atoms with Crippen molar-refractivity contribution in [3.63, 3.8) is 0 Å². The molecule has 0 spiro atoms. The zero-order valence-corrected chi connectivity index (χ0v) is 18.5. The molecule has 8 nitrogen and oxygen atoms in total. The molecular weight excluding hydrogens is 424 g/mol. The monoisotopic (exact) mass is 452 g/mol. The van der Waals surface area contributed by atoms with E-state index in [1.165, 1.54) is 12.0 Å². The topological polar surface area (TPSA) is 105 Å². The van der Waals surface area contributed by atoms with E-state index >= 15 is 0 Å². The molecule has 1 fully saturated rings. The summed E-state index contributed by atoms with van der Waals surface area (Å²) in [7, 11) is 1.44. The zero-order valence-electron chi connectivity index (χ0n) is 18.5. The number of hydrogen-bond acceptors (Lipinski definition) is 5. The normalized spacial score (nSPS) is 17.8. The minimum Gasteiger partial charge on any atom is -0.481 e. The Hall–Kier alpha value is -3.39. The van der Waals surface area contributed by atoms with E-state index < -0.39 is 18.1 Å². The molecule has 174 valence electrons. The van der Waals surface area contributed by atoms with Gasteiger partial charge in [0, 0.05) is 25.6 Å². The third kappa shape index (κ3) is 4.85. The minimum absolute atomic E-state index is 0.0285. The fourth-order valence-electron chi connectivity index (χ4n) is 4.86. The van der Waals surface area contributed by atoms with Crippen molar-refractivity contribution in [3.05, 3.63) is 59.7 Å². The fourth-order valence-corrected chi connectivity index (χ4v) is 4.86. The Balaban J connectivity index is 1.41. The average molecular weight is 453 g/mol. The number of benzene rings is 2. The van der Waals surface area contributed by atoms with Gasteiger partial charge in [-0.3, -0.25) is 9.59 Å². The molecule has 33 heavy (non-hydrogen) atoms. The Morgan fingerprint density at radius 2 is 1.73 bits per heavy atom. The Morgan fingerprint density at radius 3 is 2.33 bits per heavy atom. The van der Waals surface area contributed by atoms with Crippen molar-refractivity contribution in [2.45, 2.75) is 37.3 Å². The first-order valence-electron chi connectivity index (χ1n) is 11.1. The van der Waals surface area contributed by atoms with Crippen LogP contribution in [0.15, 0.2) is 48.5 Å². The van der Waals surface area contributed by atoms with Gasteiger partial charge in [-0.05, 0) is 35.1 Å². The number of nitrogens with zero attached hydrogens (tertiary/aromatic N) is 1. The third-order valence-corrected chi connectivity index (χ3v) is 6.34. The first-order valence-corrected chi connectivity index (χ1v) is 11.1. The Kier molecular flexibility index (Phi) is 6.93. The summed E-state index contributed by atoms with van der Waals surface area (Å²) >= 11 is 0. The van der Waals surface area contributed by atoms with Crippen molar-refractivity contribution in [2.24, 2.45) is 0 Å². The molecule has 2 aromatic rings. The Morgan fingerprint density at radius 1 is 1.09 bits per heavy atom. The van der Waals surface area contributed by atoms with E-state index in [0.29, 0.717) is 13.0 Å². The van der Waals surface area contributed by atoms with E-state index in [2.05, 4.69) is 17.4 Å². The molecule has 8 heteroatoms. The molecule has 0 saturated carbocycles. The quantitative estimate of drug-likeness (QED) is 0.638. The van der Waals surface area contributed by atoms with Gasteiger partial charge in [-0.15, -0.1) is 0 Å². The highest BCUT2D eigenvalue weighted by Gasteiger charge is 2.35. The lowest BCUT2D eigenvalue weighted by Crippen LogP contribution is -2.52. The van der Waals surface area contributed by atoms with Crippen molar-refractivity contribution in [3.8, 4) is 11.1 Å². The molecule has 0 radical (unpaired) electrons. The van der Waals surface area contributed by atoms with Gasteiger partial charge < -0.3 is 24.8 Å². The van der Waals surface area contributed by atoms with Crippen LogP contribution in [0.2, 0.25) is 0 Å². The summed E-state index contributed by atoms with van der Waals surface area (Å²) in [5.74, 6) is -1.39. The van der Waals surface area contributed by atoms with Gasteiger partial charge in [-0.25, -0.2) is 4.79 Å². The predicted octanol–water partition coefficient (Wildman–Crippen LogP) is 3.01. The molecule has 2 aliphatic rings. The van der Waals surface area contributed by atoms with Gasteiger partial charge in [0.25, 0.3) is 0 Å². The summed E-state index contributed by atoms with van der Waals surface area (Å²) in [4.78, 5) is 38.3. The van der Waals surface area contributed by atoms with E-state index in [4.69, 9.17) is 14.6 Å². The number of aliphatic carboxylic acids is 1. The maximum Gasteiger partial charge on any atom is 0.407 e. The van der Waals surface area contributed by atoms with Gasteiger partial charge in [0.05, 0.1) is 13.0 Å². The number of carbonyl (C=O) groups excluding carboxylic acids is 2. The molecule has 0 bridgehead atoms. The van der Waals surface area contributed by atoms with Crippen molar-refractivity contribution in [1.29, 1.82) is 0 Å². The molecule has 2 aromatic carbocycles. The highest BCUT2D eigenvalue weighted by molar-refractivity contribution is 5.87. The van der Waals surface area contributed by atoms with Crippen LogP contribution in [0.3, 0.4) is 0 Å². The number of rotatable bonds is 8. The first kappa shape index (κ1) is 22.8. The van der Waals surface area contributed by atoms with Gasteiger partial charge in [0.1, 0.15) is 12.6 Å². The highest BCUT2D eigenvalue weighted by Crippen LogP contribution is 2.44. The Bertz CT molecular complexity index is 994. The van der Waals surface area contributed by atoms with Crippen molar-refractivity contribution >= 4 is 18.0 Å². The number of hydrogen-bond donors (Lipinski definition) is 2. The number of nitrogens with one attached hydrogen (secondary N) is 1. The van der Waals surface area contributed by atoms with E-state index in [1.807, 2.05) is 36.4 Å². The lowest BCUT2D eigenvalue weighted by molar-refractivity contribution is -0.141. The minimum atomic E-state index is -0.951. The van der Waals surface area contributed by atoms with Crippen molar-refractivity contribution in [2.75, 3.05) is 26.9 Å². The number of ether oxygens (including phenoxy) is 2. The molecule has 1 saturated heterocycles. The largest absolute Gasteiger partial charge is 0.481 e. The van der Waals surface area contributed by atoms with E-state index in [-0.39, 0.29) is 37.5 Å². The first-order chi connectivity index (χ1) is 16.0. The lowest BCUT2D eigenvalue weighted by Gasteiger charge is -2.28. The molecule has 0 unspecified atom stereocenters. The van der Waals surface area contributed by atoms with Crippen LogP contribution in [0.1, 0.15) is 36.3 Å². The second-order valence-electron chi connectivity index (χ2n) is 8.40. The number of carboxylic acid groups (broad SMARTS) is 1. The Labute approximate surface area is 192 Å². The van der Waals surface area contributed by atoms with Gasteiger partial charge in [0.2, 0.25) is 5.91 Å². The molecule has 0 aromatic heterocycles. The predicted molar refractivity (Wildman–Crippen MR) is 121 cm³/mol. The van der Waals surface area contributed by atoms with Crippen LogP contribution in [-0.2, 0) is 19.1 Å². The van der Waals surface area contributed by atoms with Crippen molar-refractivity contribution < 1.29 is 29.0 Å². The molecule has 1 aliphatic carbocycles. The number of carbonyl (C=O) groups is 3. The molecule has 2 atom stereocenters. The number of fused-ring (bicyclic) bond motifs is 3. The summed E-state index contributed by atoms with van der Waals surface area (Å²) in [6.45, 7) is 0.571. The molecule has 1 heterocycles. The van der Waals surface area contributed by atoms with Crippen molar-refractivity contribution in [1.82, 2.24) is 10.2 Å². The van der Waals surface area contributed by atoms with Crippen LogP contribution < -0.4 is 5.32 Å². The van der Waals surface area contributed by atoms with E-state index in [1.54, 1.807) is 0 Å². The standard InChI is InChI=1S/C25H28N2O6/c1-32-15-22(24(30)27-12-6-7-16(27)13-23(28)29)26-25(31)33-14-21-19-10-4-2-8-17(19)18-9-3-5-11-20(18)21/h2-5,8-11,16,21-22H,6-7,12-15H2,1H3,(H,26,31)(H,28,29)/t16-,22-/m0/s1. The summed E-state index contributed by atoms with van der Waals surface area (Å²) in [6, 6.07) is 14.8. The number of carboxylic acids is 1. The van der Waals surface area contributed by atoms with Crippen LogP contribution >= 0.6 is 0 Å². The SMILES string of the molecule is COC[C@H](NC(=O)OCC1c2ccccc2-c2ccccc21)C(=O)N1CCC[C@H]1CC(=O)O. The molecular formula is C25H28N2O6. The summed E-state index contributed by atoms with van der Waals surface area (Å²) < 4.78 is 10.7. The summed E-state index contributed by atoms with van der Waals surface area (Å²) in [5, 5.41) is 11.7. The smallest absolute Gasteiger partial charge is 0.407 e. The molecule has 2 N–H and O–H groups in total. The van der Waals surface area contributed by atoms with Crippen LogP contribution in [0.4, 0.5) is 4.79 Å². The zero-order chi connectivity index (χ0) is 23.4. The third-order valence-electron chi connectivity index (χ3n) is 6.34. The summed E-state index contributed by atoms with van der Waals surface area (Å²) in [5.41, 5.74) is 4.47. The number of amides is 2. The average Bonchev–Trinajstić information content (AvgIpc) is 3.39. The van der Waals surface area contributed by atoms with Crippen LogP contribution in [0, 0.1) is 0 Å². The molecule has 1 aliphatic heterocycles. The lowest BCUT2D eigenvalue weighted by atomic mass is 9.98. The maximum absolute atomic E-state index is 13.0. The van der Waals surface area contributed by atoms with E-state index in [9.17, 15) is 14.4 Å². The highest BCUT2D eigenvalue weighted by atomic mass is 16.5. The second kappa shape index (κ2) is 10.0. The molecule has 4 rings (SSSR count). The van der Waals surface area contributed by atoms with E-state index in [0.717, 1.165) is 28.7 Å². The summed E-state index contributed by atoms with van der Waals surface area (Å²) in [6.07, 6.45) is 0.536. The molecule has 2 amide bonds. The number of methoxy groups -OCH3 is 1. The van der Waals surface area contributed by atoms with Crippen LogP contribution in [0.5, 0.6) is 0 Å². The van der Waals surface area contributed by atoms with Gasteiger partial charge >= 0.3 is 12.1 Å². The van der Waals surface area contributed by atoms with Crippen LogP contribution in [-0.4, -0.2) is 66.9 Å². The second-order valence-corrected chi connectivity index (χ2v) is 8.40. The number of likely N-dealkylation sites (tertiary alicyclic amines) is 1. The van der Waals surface area contributed by atoms with Gasteiger partial charge in [0.15, 0.2) is 0 Å². The maximum atomic E-state index is 13.0. The van der Waals surface area contributed by atoms with Crippen LogP contribution in [0.25, 0.3) is 11.1 Å². The fraction of sp³-hybridized carbons (Fsp3) is 0.400. The van der Waals surface area contributed by atoms with Gasteiger partial charge in [-0.1, -0.05) is 48.5 Å². The number of alkyl carbamates (subject to hydrolysis) is 1. The van der Waals surface area contributed by atoms with Gasteiger partial charge in [-0.2, -0.15) is 0 Å².